The van der Waals surface area contributed by atoms with Crippen LogP contribution < -0.4 is 9.47 Å². The van der Waals surface area contributed by atoms with Gasteiger partial charge < -0.3 is 13.9 Å². The molecule has 0 amide bonds. The summed E-state index contributed by atoms with van der Waals surface area (Å²) in [5, 5.41) is 9.36. The van der Waals surface area contributed by atoms with E-state index in [0.717, 1.165) is 42.0 Å². The van der Waals surface area contributed by atoms with Crippen LogP contribution in [-0.2, 0) is 0 Å². The molecule has 0 spiro atoms. The van der Waals surface area contributed by atoms with Crippen LogP contribution in [0.5, 0.6) is 11.5 Å². The van der Waals surface area contributed by atoms with Gasteiger partial charge in [-0.1, -0.05) is 17.7 Å². The van der Waals surface area contributed by atoms with E-state index >= 15 is 0 Å². The van der Waals surface area contributed by atoms with Gasteiger partial charge in [-0.05, 0) is 35.8 Å². The van der Waals surface area contributed by atoms with Crippen molar-refractivity contribution >= 4 is 22.8 Å². The first-order chi connectivity index (χ1) is 14.1. The average molecular weight is 409 g/mol. The summed E-state index contributed by atoms with van der Waals surface area (Å²) in [6, 6.07) is 9.99. The standard InChI is InChI=1S/C22H21ClN4O2/c1-28-20-13-21(29-2)18(23)12-17(20)19-14-27-9-5-16(11-22(27)25-19)15-3-7-26(8-4-15)10-6-24/h3,5,9,11-14H,4,7-8,10H2,1-2H3. The molecule has 2 aromatic heterocycles. The summed E-state index contributed by atoms with van der Waals surface area (Å²) in [6.45, 7) is 2.17. The molecule has 0 N–H and O–H groups in total. The second kappa shape index (κ2) is 8.16. The summed E-state index contributed by atoms with van der Waals surface area (Å²) in [5.74, 6) is 1.22. The van der Waals surface area contributed by atoms with Gasteiger partial charge in [0.15, 0.2) is 0 Å². The molecule has 6 nitrogen and oxygen atoms in total. The summed E-state index contributed by atoms with van der Waals surface area (Å²) >= 11 is 6.32. The molecule has 0 bridgehead atoms. The Morgan fingerprint density at radius 2 is 2.03 bits per heavy atom. The minimum atomic E-state index is 0.471. The zero-order chi connectivity index (χ0) is 20.4. The van der Waals surface area contributed by atoms with Crippen LogP contribution in [0.1, 0.15) is 12.0 Å². The zero-order valence-electron chi connectivity index (χ0n) is 16.4. The molecule has 0 saturated carbocycles. The number of imidazole rings is 1. The molecule has 1 aliphatic heterocycles. The quantitative estimate of drug-likeness (QED) is 0.589. The van der Waals surface area contributed by atoms with E-state index in [1.165, 1.54) is 5.57 Å². The number of pyridine rings is 1. The van der Waals surface area contributed by atoms with Gasteiger partial charge in [-0.15, -0.1) is 0 Å². The van der Waals surface area contributed by atoms with E-state index in [-0.39, 0.29) is 0 Å². The maximum atomic E-state index is 8.85. The summed E-state index contributed by atoms with van der Waals surface area (Å²) < 4.78 is 12.8. The van der Waals surface area contributed by atoms with Gasteiger partial charge in [0.05, 0.1) is 37.6 Å². The lowest BCUT2D eigenvalue weighted by atomic mass is 10.0. The van der Waals surface area contributed by atoms with Crippen molar-refractivity contribution in [3.8, 4) is 28.8 Å². The zero-order valence-corrected chi connectivity index (χ0v) is 17.1. The maximum absolute atomic E-state index is 8.85. The van der Waals surface area contributed by atoms with Crippen LogP contribution >= 0.6 is 11.6 Å². The molecule has 0 fully saturated rings. The van der Waals surface area contributed by atoms with Gasteiger partial charge in [-0.3, -0.25) is 4.90 Å². The molecule has 0 aliphatic carbocycles. The molecule has 4 rings (SSSR count). The monoisotopic (exact) mass is 408 g/mol. The number of halogens is 1. The Labute approximate surface area is 174 Å². The van der Waals surface area contributed by atoms with Gasteiger partial charge in [0.25, 0.3) is 0 Å². The Balaban J connectivity index is 1.68. The van der Waals surface area contributed by atoms with E-state index in [2.05, 4.69) is 29.2 Å². The molecule has 0 radical (unpaired) electrons. The van der Waals surface area contributed by atoms with Gasteiger partial charge in [-0.25, -0.2) is 4.98 Å². The third-order valence-electron chi connectivity index (χ3n) is 5.17. The van der Waals surface area contributed by atoms with Crippen molar-refractivity contribution in [2.75, 3.05) is 33.9 Å². The summed E-state index contributed by atoms with van der Waals surface area (Å²) in [6.07, 6.45) is 7.10. The number of aromatic nitrogens is 2. The Hall–Kier alpha value is -3.01. The lowest BCUT2D eigenvalue weighted by molar-refractivity contribution is 0.338. The summed E-state index contributed by atoms with van der Waals surface area (Å²) in [4.78, 5) is 6.93. The smallest absolute Gasteiger partial charge is 0.141 e. The molecule has 7 heteroatoms. The maximum Gasteiger partial charge on any atom is 0.141 e. The third-order valence-corrected chi connectivity index (χ3v) is 5.46. The number of hydrogen-bond acceptors (Lipinski definition) is 5. The molecule has 1 aromatic carbocycles. The van der Waals surface area contributed by atoms with Crippen LogP contribution in [0.2, 0.25) is 5.02 Å². The van der Waals surface area contributed by atoms with Crippen molar-refractivity contribution < 1.29 is 9.47 Å². The first-order valence-electron chi connectivity index (χ1n) is 9.32. The lowest BCUT2D eigenvalue weighted by Crippen LogP contribution is -2.28. The normalized spacial score (nSPS) is 14.5. The number of hydrogen-bond donors (Lipinski definition) is 0. The predicted molar refractivity (Wildman–Crippen MR) is 113 cm³/mol. The van der Waals surface area contributed by atoms with E-state index in [1.807, 2.05) is 22.9 Å². The van der Waals surface area contributed by atoms with E-state index < -0.39 is 0 Å². The molecule has 3 aromatic rings. The van der Waals surface area contributed by atoms with Crippen LogP contribution in [0.25, 0.3) is 22.5 Å². The number of nitriles is 1. The second-order valence-corrected chi connectivity index (χ2v) is 7.27. The van der Waals surface area contributed by atoms with Gasteiger partial charge in [-0.2, -0.15) is 5.26 Å². The van der Waals surface area contributed by atoms with Crippen molar-refractivity contribution in [3.63, 3.8) is 0 Å². The third kappa shape index (κ3) is 3.80. The van der Waals surface area contributed by atoms with Crippen LogP contribution in [0, 0.1) is 11.3 Å². The summed E-state index contributed by atoms with van der Waals surface area (Å²) in [7, 11) is 3.19. The highest BCUT2D eigenvalue weighted by Crippen LogP contribution is 2.38. The minimum absolute atomic E-state index is 0.471. The molecule has 3 heterocycles. The highest BCUT2D eigenvalue weighted by molar-refractivity contribution is 6.32. The van der Waals surface area contributed by atoms with Crippen LogP contribution in [-0.4, -0.2) is 48.1 Å². The van der Waals surface area contributed by atoms with Crippen molar-refractivity contribution in [2.24, 2.45) is 0 Å². The van der Waals surface area contributed by atoms with Crippen LogP contribution in [0.4, 0.5) is 0 Å². The number of nitrogens with zero attached hydrogens (tertiary/aromatic N) is 4. The van der Waals surface area contributed by atoms with Crippen molar-refractivity contribution in [2.45, 2.75) is 6.42 Å². The van der Waals surface area contributed by atoms with Crippen molar-refractivity contribution in [1.82, 2.24) is 14.3 Å². The predicted octanol–water partition coefficient (Wildman–Crippen LogP) is 4.28. The van der Waals surface area contributed by atoms with Gasteiger partial charge in [0.2, 0.25) is 0 Å². The molecular weight excluding hydrogens is 388 g/mol. The fraction of sp³-hybridized carbons (Fsp3) is 0.273. The first-order valence-corrected chi connectivity index (χ1v) is 9.70. The Bertz CT molecular complexity index is 1130. The number of fused-ring (bicyclic) bond motifs is 1. The van der Waals surface area contributed by atoms with Gasteiger partial charge >= 0.3 is 0 Å². The summed E-state index contributed by atoms with van der Waals surface area (Å²) in [5.41, 5.74) is 4.89. The lowest BCUT2D eigenvalue weighted by Gasteiger charge is -2.23. The Kier molecular flexibility index (Phi) is 5.43. The highest BCUT2D eigenvalue weighted by atomic mass is 35.5. The van der Waals surface area contributed by atoms with Gasteiger partial charge in [0.1, 0.15) is 17.1 Å². The fourth-order valence-electron chi connectivity index (χ4n) is 3.59. The van der Waals surface area contributed by atoms with Crippen molar-refractivity contribution in [1.29, 1.82) is 5.26 Å². The second-order valence-electron chi connectivity index (χ2n) is 6.87. The molecule has 0 unspecified atom stereocenters. The molecule has 0 saturated heterocycles. The largest absolute Gasteiger partial charge is 0.496 e. The minimum Gasteiger partial charge on any atom is -0.496 e. The average Bonchev–Trinajstić information content (AvgIpc) is 3.17. The van der Waals surface area contributed by atoms with Crippen molar-refractivity contribution in [3.05, 3.63) is 53.3 Å². The molecule has 0 atom stereocenters. The van der Waals surface area contributed by atoms with E-state index in [0.29, 0.717) is 23.1 Å². The fourth-order valence-corrected chi connectivity index (χ4v) is 3.83. The van der Waals surface area contributed by atoms with Crippen LogP contribution in [0.15, 0.2) is 42.7 Å². The molecule has 148 valence electrons. The molecular formula is C22H21ClN4O2. The van der Waals surface area contributed by atoms with Crippen LogP contribution in [0.3, 0.4) is 0 Å². The Morgan fingerprint density at radius 3 is 2.72 bits per heavy atom. The topological polar surface area (TPSA) is 62.8 Å². The molecule has 1 aliphatic rings. The first kappa shape index (κ1) is 19.3. The number of rotatable bonds is 5. The molecule has 29 heavy (non-hydrogen) atoms. The number of benzene rings is 1. The van der Waals surface area contributed by atoms with E-state index in [9.17, 15) is 0 Å². The Morgan fingerprint density at radius 1 is 1.21 bits per heavy atom. The van der Waals surface area contributed by atoms with E-state index in [4.69, 9.17) is 31.3 Å². The number of methoxy groups -OCH3 is 2. The van der Waals surface area contributed by atoms with E-state index in [1.54, 1.807) is 20.3 Å². The highest BCUT2D eigenvalue weighted by Gasteiger charge is 2.16. The SMILES string of the molecule is COc1cc(OC)c(-c2cn3ccc(C4=CCN(CC#N)CC4)cc3n2)cc1Cl. The van der Waals surface area contributed by atoms with Gasteiger partial charge in [0, 0.05) is 37.1 Å². The number of ether oxygens (including phenoxy) is 2.